The Morgan fingerprint density at radius 1 is 0.927 bits per heavy atom. The maximum Gasteiger partial charge on any atom is 0.160 e. The molecular weight excluding hydrogens is 504 g/mol. The van der Waals surface area contributed by atoms with Crippen LogP contribution in [0.2, 0.25) is 0 Å². The van der Waals surface area contributed by atoms with Gasteiger partial charge in [0.05, 0.1) is 12.8 Å². The highest BCUT2D eigenvalue weighted by Crippen LogP contribution is 2.60. The number of aliphatic hydroxyl groups excluding tert-OH is 1. The monoisotopic (exact) mass is 546 g/mol. The second-order valence-corrected chi connectivity index (χ2v) is 13.4. The number of ether oxygens (including phenoxy) is 1. The molecule has 1 aliphatic heterocycles. The van der Waals surface area contributed by atoms with Crippen LogP contribution in [0.25, 0.3) is 21.9 Å². The van der Waals surface area contributed by atoms with Crippen molar-refractivity contribution in [2.45, 2.75) is 64.9 Å². The number of rotatable bonds is 6. The molecule has 1 spiro atoms. The molecule has 4 aromatic rings. The van der Waals surface area contributed by atoms with E-state index in [0.717, 1.165) is 52.0 Å². The normalized spacial score (nSPS) is 20.6. The minimum Gasteiger partial charge on any atom is -0.477 e. The fourth-order valence-electron chi connectivity index (χ4n) is 7.15. The van der Waals surface area contributed by atoms with Gasteiger partial charge in [-0.2, -0.15) is 0 Å². The van der Waals surface area contributed by atoms with Gasteiger partial charge in [0.2, 0.25) is 0 Å². The van der Waals surface area contributed by atoms with Gasteiger partial charge in [-0.1, -0.05) is 95.3 Å². The standard InChI is InChI=1S/C37H42N2O2/c1-7-39(20-21-40)26-18-16-25(17-19-26)30-22-33-34(28-13-9-8-12-27(28)30)41-37(24-38-33)32(23-35(2,3)4)29-14-10-11-15-31(29)36(37,5)6/h8-19,22,24,32,40H,7,20-21,23H2,1-6H3. The molecule has 0 saturated heterocycles. The zero-order valence-corrected chi connectivity index (χ0v) is 25.2. The van der Waals surface area contributed by atoms with Gasteiger partial charge in [0, 0.05) is 35.5 Å². The van der Waals surface area contributed by atoms with E-state index in [4.69, 9.17) is 9.73 Å². The number of hydrogen-bond acceptors (Lipinski definition) is 4. The van der Waals surface area contributed by atoms with Crippen LogP contribution >= 0.6 is 0 Å². The first kappa shape index (κ1) is 27.5. The zero-order valence-electron chi connectivity index (χ0n) is 25.2. The largest absolute Gasteiger partial charge is 0.477 e. The van der Waals surface area contributed by atoms with E-state index < -0.39 is 5.60 Å². The molecular formula is C37H42N2O2. The second kappa shape index (κ2) is 10.0. The molecule has 0 saturated carbocycles. The van der Waals surface area contributed by atoms with Crippen molar-refractivity contribution in [3.05, 3.63) is 90.0 Å². The fourth-order valence-corrected chi connectivity index (χ4v) is 7.15. The van der Waals surface area contributed by atoms with Crippen molar-refractivity contribution in [3.63, 3.8) is 0 Å². The lowest BCUT2D eigenvalue weighted by Crippen LogP contribution is -2.55. The van der Waals surface area contributed by atoms with E-state index in [2.05, 4.69) is 132 Å². The van der Waals surface area contributed by atoms with Crippen molar-refractivity contribution in [3.8, 4) is 16.9 Å². The summed E-state index contributed by atoms with van der Waals surface area (Å²) in [4.78, 5) is 7.40. The molecule has 2 unspecified atom stereocenters. The van der Waals surface area contributed by atoms with E-state index in [0.29, 0.717) is 6.54 Å². The van der Waals surface area contributed by atoms with Gasteiger partial charge in [-0.25, -0.2) is 0 Å². The van der Waals surface area contributed by atoms with E-state index in [1.165, 1.54) is 11.1 Å². The molecule has 1 aliphatic carbocycles. The van der Waals surface area contributed by atoms with Crippen molar-refractivity contribution in [1.82, 2.24) is 0 Å². The molecule has 0 amide bonds. The summed E-state index contributed by atoms with van der Waals surface area (Å²) < 4.78 is 7.35. The topological polar surface area (TPSA) is 45.1 Å². The summed E-state index contributed by atoms with van der Waals surface area (Å²) in [7, 11) is 0. The minimum absolute atomic E-state index is 0.130. The lowest BCUT2D eigenvalue weighted by atomic mass is 9.68. The van der Waals surface area contributed by atoms with Gasteiger partial charge >= 0.3 is 0 Å². The fraction of sp³-hybridized carbons (Fsp3) is 0.378. The summed E-state index contributed by atoms with van der Waals surface area (Å²) in [5.74, 6) is 1.07. The third kappa shape index (κ3) is 4.44. The molecule has 4 nitrogen and oxygen atoms in total. The number of aliphatic hydroxyl groups is 1. The lowest BCUT2D eigenvalue weighted by molar-refractivity contribution is 0.0467. The first-order valence-corrected chi connectivity index (χ1v) is 15.0. The van der Waals surface area contributed by atoms with Gasteiger partial charge in [0.1, 0.15) is 5.69 Å². The summed E-state index contributed by atoms with van der Waals surface area (Å²) >= 11 is 0. The average molecular weight is 547 g/mol. The van der Waals surface area contributed by atoms with E-state index in [9.17, 15) is 5.11 Å². The van der Waals surface area contributed by atoms with Crippen molar-refractivity contribution in [2.75, 3.05) is 24.6 Å². The van der Waals surface area contributed by atoms with E-state index in [1.54, 1.807) is 0 Å². The summed E-state index contributed by atoms with van der Waals surface area (Å²) in [6.07, 6.45) is 3.13. The third-order valence-corrected chi connectivity index (χ3v) is 9.26. The number of aliphatic imine (C=N–C) groups is 1. The summed E-state index contributed by atoms with van der Waals surface area (Å²) in [6.45, 7) is 15.3. The molecule has 2 aliphatic rings. The van der Waals surface area contributed by atoms with Gasteiger partial charge in [0.15, 0.2) is 11.4 Å². The van der Waals surface area contributed by atoms with Crippen molar-refractivity contribution in [1.29, 1.82) is 0 Å². The highest BCUT2D eigenvalue weighted by molar-refractivity contribution is 6.05. The van der Waals surface area contributed by atoms with Crippen LogP contribution in [-0.4, -0.2) is 36.6 Å². The maximum atomic E-state index is 9.46. The highest BCUT2D eigenvalue weighted by Gasteiger charge is 2.61. The highest BCUT2D eigenvalue weighted by atomic mass is 16.5. The quantitative estimate of drug-likeness (QED) is 0.263. The van der Waals surface area contributed by atoms with E-state index in [1.807, 2.05) is 0 Å². The lowest BCUT2D eigenvalue weighted by Gasteiger charge is -2.46. The molecule has 4 heteroatoms. The Hall–Kier alpha value is -3.63. The number of likely N-dealkylation sites (N-methyl/N-ethyl adjacent to an activating group) is 1. The predicted molar refractivity (Wildman–Crippen MR) is 172 cm³/mol. The Morgan fingerprint density at radius 2 is 1.61 bits per heavy atom. The minimum atomic E-state index is -0.584. The van der Waals surface area contributed by atoms with Crippen LogP contribution in [0, 0.1) is 5.41 Å². The molecule has 212 valence electrons. The molecule has 0 fully saturated rings. The molecule has 6 rings (SSSR count). The molecule has 0 aromatic heterocycles. The van der Waals surface area contributed by atoms with E-state index in [-0.39, 0.29) is 23.4 Å². The van der Waals surface area contributed by atoms with Gasteiger partial charge in [-0.3, -0.25) is 4.99 Å². The number of nitrogens with zero attached hydrogens (tertiary/aromatic N) is 2. The van der Waals surface area contributed by atoms with Gasteiger partial charge in [0.25, 0.3) is 0 Å². The molecule has 0 radical (unpaired) electrons. The second-order valence-electron chi connectivity index (χ2n) is 13.4. The Labute approximate surface area is 244 Å². The molecule has 1 heterocycles. The Balaban J connectivity index is 1.48. The number of fused-ring (bicyclic) bond motifs is 4. The van der Waals surface area contributed by atoms with Crippen LogP contribution in [0.4, 0.5) is 11.4 Å². The van der Waals surface area contributed by atoms with Crippen molar-refractivity contribution in [2.24, 2.45) is 10.4 Å². The van der Waals surface area contributed by atoms with Crippen LogP contribution in [0.15, 0.2) is 83.9 Å². The first-order chi connectivity index (χ1) is 19.6. The number of benzene rings is 4. The third-order valence-electron chi connectivity index (χ3n) is 9.26. The molecule has 4 aromatic carbocycles. The van der Waals surface area contributed by atoms with Crippen LogP contribution < -0.4 is 9.64 Å². The van der Waals surface area contributed by atoms with Gasteiger partial charge < -0.3 is 14.7 Å². The van der Waals surface area contributed by atoms with Crippen molar-refractivity contribution < 1.29 is 9.84 Å². The Bertz CT molecular complexity index is 1610. The van der Waals surface area contributed by atoms with Crippen LogP contribution in [0.5, 0.6) is 5.75 Å². The maximum absolute atomic E-state index is 9.46. The van der Waals surface area contributed by atoms with E-state index >= 15 is 0 Å². The number of anilines is 1. The molecule has 0 bridgehead atoms. The van der Waals surface area contributed by atoms with Crippen LogP contribution in [0.3, 0.4) is 0 Å². The summed E-state index contributed by atoms with van der Waals surface area (Å²) in [5, 5.41) is 11.7. The average Bonchev–Trinajstić information content (AvgIpc) is 3.13. The van der Waals surface area contributed by atoms with Crippen LogP contribution in [-0.2, 0) is 5.41 Å². The molecule has 2 atom stereocenters. The summed E-state index contributed by atoms with van der Waals surface area (Å²) in [5.41, 5.74) is 6.31. The smallest absolute Gasteiger partial charge is 0.160 e. The van der Waals surface area contributed by atoms with Crippen LogP contribution in [0.1, 0.15) is 65.0 Å². The zero-order chi connectivity index (χ0) is 29.0. The van der Waals surface area contributed by atoms with Gasteiger partial charge in [-0.05, 0) is 64.6 Å². The van der Waals surface area contributed by atoms with Crippen molar-refractivity contribution >= 4 is 28.4 Å². The molecule has 41 heavy (non-hydrogen) atoms. The number of hydrogen-bond donors (Lipinski definition) is 1. The first-order valence-electron chi connectivity index (χ1n) is 15.0. The molecule has 1 N–H and O–H groups in total. The SMILES string of the molecule is CCN(CCO)c1ccc(-c2cc3c(c4ccccc24)OC2(C=N3)C(CC(C)(C)C)c3ccccc3C2(C)C)cc1. The summed E-state index contributed by atoms with van der Waals surface area (Å²) in [6, 6.07) is 28.3. The van der Waals surface area contributed by atoms with Gasteiger partial charge in [-0.15, -0.1) is 0 Å². The Kier molecular flexibility index (Phi) is 6.73. The predicted octanol–water partition coefficient (Wildman–Crippen LogP) is 8.67. The Morgan fingerprint density at radius 3 is 2.29 bits per heavy atom.